The summed E-state index contributed by atoms with van der Waals surface area (Å²) in [7, 11) is 1.58. The van der Waals surface area contributed by atoms with Crippen LogP contribution in [0.15, 0.2) is 63.8 Å². The summed E-state index contributed by atoms with van der Waals surface area (Å²) in [6.07, 6.45) is -0.605. The van der Waals surface area contributed by atoms with Crippen molar-refractivity contribution in [1.82, 2.24) is 0 Å². The molecule has 6 heteroatoms. The van der Waals surface area contributed by atoms with Crippen LogP contribution in [-0.4, -0.2) is 19.7 Å². The highest BCUT2D eigenvalue weighted by molar-refractivity contribution is 5.87. The molecule has 1 fully saturated rings. The number of benzene rings is 2. The second-order valence-corrected chi connectivity index (χ2v) is 6.21. The average molecular weight is 366 g/mol. The molecule has 6 nitrogen and oxygen atoms in total. The third-order valence-corrected chi connectivity index (χ3v) is 4.65. The molecule has 1 aromatic heterocycles. The zero-order valence-corrected chi connectivity index (χ0v) is 14.9. The molecule has 0 N–H and O–H groups in total. The van der Waals surface area contributed by atoms with Gasteiger partial charge in [-0.15, -0.1) is 0 Å². The fourth-order valence-corrected chi connectivity index (χ4v) is 3.23. The maximum atomic E-state index is 12.7. The number of carbonyl (C=O) groups excluding carboxylic acids is 1. The third kappa shape index (κ3) is 2.78. The second-order valence-electron chi connectivity index (χ2n) is 6.21. The normalized spacial score (nSPS) is 21.0. The first-order chi connectivity index (χ1) is 13.1. The summed E-state index contributed by atoms with van der Waals surface area (Å²) < 4.78 is 21.7. The van der Waals surface area contributed by atoms with Gasteiger partial charge >= 0.3 is 11.6 Å². The molecule has 0 amide bonds. The van der Waals surface area contributed by atoms with E-state index in [2.05, 4.69) is 0 Å². The second kappa shape index (κ2) is 6.55. The van der Waals surface area contributed by atoms with Crippen LogP contribution in [0.4, 0.5) is 0 Å². The number of ether oxygens (including phenoxy) is 3. The van der Waals surface area contributed by atoms with Crippen molar-refractivity contribution in [2.24, 2.45) is 0 Å². The van der Waals surface area contributed by atoms with Crippen LogP contribution in [0, 0.1) is 0 Å². The van der Waals surface area contributed by atoms with Gasteiger partial charge in [0, 0.05) is 0 Å². The molecule has 1 aliphatic heterocycles. The third-order valence-electron chi connectivity index (χ3n) is 4.65. The van der Waals surface area contributed by atoms with E-state index in [1.54, 1.807) is 50.4 Å². The summed E-state index contributed by atoms with van der Waals surface area (Å²) in [6, 6.07) is 15.9. The number of fused-ring (bicyclic) bond motifs is 1. The van der Waals surface area contributed by atoms with Crippen molar-refractivity contribution in [2.75, 3.05) is 13.7 Å². The van der Waals surface area contributed by atoms with Gasteiger partial charge in [-0.25, -0.2) is 9.59 Å². The lowest BCUT2D eigenvalue weighted by Gasteiger charge is -2.12. The molecule has 138 valence electrons. The predicted octanol–water partition coefficient (Wildman–Crippen LogP) is 3.33. The Labute approximate surface area is 155 Å². The van der Waals surface area contributed by atoms with Crippen LogP contribution >= 0.6 is 0 Å². The average Bonchev–Trinajstić information content (AvgIpc) is 3.45. The molecule has 3 aromatic rings. The Bertz CT molecular complexity index is 1050. The van der Waals surface area contributed by atoms with E-state index in [1.807, 2.05) is 18.2 Å². The van der Waals surface area contributed by atoms with Crippen molar-refractivity contribution < 1.29 is 23.4 Å². The van der Waals surface area contributed by atoms with Gasteiger partial charge in [0.25, 0.3) is 5.60 Å². The molecule has 0 saturated carbocycles. The fourth-order valence-electron chi connectivity index (χ4n) is 3.23. The van der Waals surface area contributed by atoms with Crippen LogP contribution in [0.1, 0.15) is 24.4 Å². The molecule has 2 aromatic carbocycles. The minimum absolute atomic E-state index is 0.144. The summed E-state index contributed by atoms with van der Waals surface area (Å²) >= 11 is 0. The SMILES string of the molecule is CCOC(=O)[C@@]1(c2cc3ccccc3c(=O)o2)O[C@H]1c1ccc(OC)cc1. The first-order valence-corrected chi connectivity index (χ1v) is 8.62. The Morgan fingerprint density at radius 2 is 1.89 bits per heavy atom. The smallest absolute Gasteiger partial charge is 0.349 e. The van der Waals surface area contributed by atoms with Gasteiger partial charge in [-0.2, -0.15) is 0 Å². The Kier molecular flexibility index (Phi) is 4.20. The van der Waals surface area contributed by atoms with Crippen molar-refractivity contribution in [3.05, 3.63) is 76.3 Å². The minimum atomic E-state index is -1.46. The lowest BCUT2D eigenvalue weighted by molar-refractivity contribution is -0.150. The molecule has 0 unspecified atom stereocenters. The van der Waals surface area contributed by atoms with Crippen molar-refractivity contribution in [2.45, 2.75) is 18.6 Å². The van der Waals surface area contributed by atoms with Crippen molar-refractivity contribution in [3.63, 3.8) is 0 Å². The largest absolute Gasteiger partial charge is 0.497 e. The van der Waals surface area contributed by atoms with Crippen molar-refractivity contribution >= 4 is 16.7 Å². The number of esters is 1. The first-order valence-electron chi connectivity index (χ1n) is 8.62. The Morgan fingerprint density at radius 1 is 1.15 bits per heavy atom. The Balaban J connectivity index is 1.81. The monoisotopic (exact) mass is 366 g/mol. The maximum absolute atomic E-state index is 12.7. The molecule has 0 aliphatic carbocycles. The van der Waals surface area contributed by atoms with Gasteiger partial charge < -0.3 is 18.6 Å². The molecule has 0 bridgehead atoms. The zero-order chi connectivity index (χ0) is 19.0. The molecular weight excluding hydrogens is 348 g/mol. The Morgan fingerprint density at radius 3 is 2.59 bits per heavy atom. The number of hydrogen-bond donors (Lipinski definition) is 0. The summed E-state index contributed by atoms with van der Waals surface area (Å²) in [6.45, 7) is 1.91. The number of epoxide rings is 1. The highest BCUT2D eigenvalue weighted by Crippen LogP contribution is 2.58. The van der Waals surface area contributed by atoms with Gasteiger partial charge in [-0.3, -0.25) is 0 Å². The first kappa shape index (κ1) is 17.3. The van der Waals surface area contributed by atoms with E-state index in [1.165, 1.54) is 0 Å². The molecule has 1 aliphatic rings. The lowest BCUT2D eigenvalue weighted by Crippen LogP contribution is -2.27. The van der Waals surface area contributed by atoms with Gasteiger partial charge in [0.2, 0.25) is 0 Å². The van der Waals surface area contributed by atoms with E-state index in [0.717, 1.165) is 5.56 Å². The number of methoxy groups -OCH3 is 1. The molecule has 4 rings (SSSR count). The molecule has 27 heavy (non-hydrogen) atoms. The number of carbonyl (C=O) groups is 1. The zero-order valence-electron chi connectivity index (χ0n) is 14.9. The van der Waals surface area contributed by atoms with Crippen molar-refractivity contribution in [1.29, 1.82) is 0 Å². The van der Waals surface area contributed by atoms with Crippen LogP contribution in [0.3, 0.4) is 0 Å². The van der Waals surface area contributed by atoms with Gasteiger partial charge in [-0.1, -0.05) is 30.3 Å². The van der Waals surface area contributed by atoms with Crippen LogP contribution in [0.5, 0.6) is 5.75 Å². The number of hydrogen-bond acceptors (Lipinski definition) is 6. The summed E-state index contributed by atoms with van der Waals surface area (Å²) in [5, 5.41) is 1.12. The van der Waals surface area contributed by atoms with Crippen LogP contribution in [0.25, 0.3) is 10.8 Å². The quantitative estimate of drug-likeness (QED) is 0.509. The molecule has 0 spiro atoms. The molecule has 2 atom stereocenters. The van der Waals surface area contributed by atoms with E-state index in [-0.39, 0.29) is 12.4 Å². The molecule has 2 heterocycles. The molecule has 1 saturated heterocycles. The predicted molar refractivity (Wildman–Crippen MR) is 97.6 cm³/mol. The standard InChI is InChI=1S/C21H18O6/c1-3-25-20(23)21(18(27-21)13-8-10-15(24-2)11-9-13)17-12-14-6-4-5-7-16(14)19(22)26-17/h4-12,18H,3H2,1-2H3/t18-,21-/m0/s1. The van der Waals surface area contributed by atoms with Crippen LogP contribution in [0.2, 0.25) is 0 Å². The highest BCUT2D eigenvalue weighted by Gasteiger charge is 2.68. The van der Waals surface area contributed by atoms with Crippen molar-refractivity contribution in [3.8, 4) is 5.75 Å². The van der Waals surface area contributed by atoms with Crippen LogP contribution < -0.4 is 10.4 Å². The summed E-state index contributed by atoms with van der Waals surface area (Å²) in [4.78, 5) is 25.1. The van der Waals surface area contributed by atoms with Crippen LogP contribution in [-0.2, 0) is 19.9 Å². The number of rotatable bonds is 5. The van der Waals surface area contributed by atoms with E-state index in [4.69, 9.17) is 18.6 Å². The maximum Gasteiger partial charge on any atom is 0.349 e. The van der Waals surface area contributed by atoms with E-state index in [0.29, 0.717) is 16.5 Å². The molecule has 0 radical (unpaired) electrons. The Hall–Kier alpha value is -3.12. The van der Waals surface area contributed by atoms with E-state index < -0.39 is 23.3 Å². The van der Waals surface area contributed by atoms with E-state index >= 15 is 0 Å². The minimum Gasteiger partial charge on any atom is -0.497 e. The fraction of sp³-hybridized carbons (Fsp3) is 0.238. The van der Waals surface area contributed by atoms with Gasteiger partial charge in [0.1, 0.15) is 11.9 Å². The topological polar surface area (TPSA) is 78.3 Å². The highest BCUT2D eigenvalue weighted by atomic mass is 16.7. The molecular formula is C21H18O6. The summed E-state index contributed by atoms with van der Waals surface area (Å²) in [5.74, 6) is 0.257. The lowest BCUT2D eigenvalue weighted by atomic mass is 9.95. The van der Waals surface area contributed by atoms with Gasteiger partial charge in [0.15, 0.2) is 5.76 Å². The van der Waals surface area contributed by atoms with Gasteiger partial charge in [-0.05, 0) is 42.1 Å². The van der Waals surface area contributed by atoms with Gasteiger partial charge in [0.05, 0.1) is 19.1 Å². The summed E-state index contributed by atoms with van der Waals surface area (Å²) in [5.41, 5.74) is -1.22. The van der Waals surface area contributed by atoms with E-state index in [9.17, 15) is 9.59 Å².